The van der Waals surface area contributed by atoms with Crippen molar-refractivity contribution in [3.8, 4) is 34.1 Å². The number of nitrogens with zero attached hydrogens (tertiary/aromatic N) is 1. The Kier molecular flexibility index (Phi) is 19.0. The lowest BCUT2D eigenvalue weighted by atomic mass is 9.96. The van der Waals surface area contributed by atoms with E-state index in [1.807, 2.05) is 43.3 Å². The molecular formula is C49H57FN6O10S. The number of aromatic nitrogens is 1. The summed E-state index contributed by atoms with van der Waals surface area (Å²) in [7, 11) is 0. The lowest BCUT2D eigenvalue weighted by Gasteiger charge is -2.28. The Labute approximate surface area is 393 Å². The van der Waals surface area contributed by atoms with Crippen molar-refractivity contribution in [3.63, 3.8) is 0 Å². The van der Waals surface area contributed by atoms with Crippen LogP contribution in [0.4, 0.5) is 10.2 Å². The van der Waals surface area contributed by atoms with E-state index in [0.717, 1.165) is 45.6 Å². The van der Waals surface area contributed by atoms with Crippen LogP contribution in [-0.4, -0.2) is 71.5 Å². The number of carbonyl (C=O) groups is 3. The van der Waals surface area contributed by atoms with Gasteiger partial charge in [-0.3, -0.25) is 14.4 Å². The minimum absolute atomic E-state index is 0.0556. The third-order valence-electron chi connectivity index (χ3n) is 10.9. The highest BCUT2D eigenvalue weighted by Crippen LogP contribution is 2.39. The fourth-order valence-corrected chi connectivity index (χ4v) is 7.83. The molecule has 1 aliphatic heterocycles. The van der Waals surface area contributed by atoms with Crippen molar-refractivity contribution in [2.45, 2.75) is 89.3 Å². The van der Waals surface area contributed by atoms with Gasteiger partial charge in [0.05, 0.1) is 30.8 Å². The molecule has 67 heavy (non-hydrogen) atoms. The third kappa shape index (κ3) is 14.3. The van der Waals surface area contributed by atoms with E-state index in [4.69, 9.17) is 19.5 Å². The molecule has 2 atom stereocenters. The van der Waals surface area contributed by atoms with E-state index in [2.05, 4.69) is 48.1 Å². The summed E-state index contributed by atoms with van der Waals surface area (Å²) in [6.45, 7) is 7.40. The molecule has 0 bridgehead atoms. The Hall–Kier alpha value is -6.44. The molecule has 2 unspecified atom stereocenters. The van der Waals surface area contributed by atoms with Crippen LogP contribution >= 0.6 is 12.0 Å². The quantitative estimate of drug-likeness (QED) is 0.0130. The van der Waals surface area contributed by atoms with E-state index < -0.39 is 18.1 Å². The average molecular weight is 941 g/mol. The predicted octanol–water partition coefficient (Wildman–Crippen LogP) is 7.64. The molecule has 5 aromatic rings. The molecule has 356 valence electrons. The Morgan fingerprint density at radius 2 is 1.70 bits per heavy atom. The zero-order valence-corrected chi connectivity index (χ0v) is 38.5. The molecule has 0 aliphatic carbocycles. The number of rotatable bonds is 25. The minimum atomic E-state index is -0.821. The van der Waals surface area contributed by atoms with E-state index in [0.29, 0.717) is 99.0 Å². The van der Waals surface area contributed by atoms with Gasteiger partial charge in [-0.05, 0) is 104 Å². The summed E-state index contributed by atoms with van der Waals surface area (Å²) in [4.78, 5) is 43.9. The molecule has 0 saturated carbocycles. The minimum Gasteiger partial charge on any atom is -0.507 e. The number of aromatic hydroxyl groups is 1. The number of hydrogen-bond acceptors (Lipinski definition) is 14. The molecule has 0 fully saturated rings. The van der Waals surface area contributed by atoms with Crippen molar-refractivity contribution < 1.29 is 52.7 Å². The number of phenols is 1. The summed E-state index contributed by atoms with van der Waals surface area (Å²) in [5, 5.41) is 31.3. The van der Waals surface area contributed by atoms with Crippen LogP contribution in [0.1, 0.15) is 79.1 Å². The van der Waals surface area contributed by atoms with Crippen LogP contribution in [0.2, 0.25) is 0 Å². The molecule has 0 radical (unpaired) electrons. The van der Waals surface area contributed by atoms with E-state index in [-0.39, 0.29) is 35.5 Å². The summed E-state index contributed by atoms with van der Waals surface area (Å²) in [6, 6.07) is 23.2. The standard InChI is InChI=1S/C49H57FN6O10S/c1-4-10-38-41(62-25-9-26-63-43-28-40(57)39(27-32(43)5-2)33-13-18-37(50)19-14-33)20-15-34-16-21-42(64-46(34)38)49(60)52-24-8-23-51-47(58)31(3)55-48(59)36-17-22-45(53-29-36)56-54-30-35-11-6-7-12-44(35)67-66-65-61/h6-7,11-15,17-20,22,27-29,31,42,54,57,61H,4-5,8-10,16,21,23-26,30H2,1-3H3,(H,51,58)(H,52,60)(H,53,56)(H,55,59). The number of carbonyl (C=O) groups excluding carboxylic acids is 3. The first kappa shape index (κ1) is 50.0. The van der Waals surface area contributed by atoms with Crippen molar-refractivity contribution in [1.82, 2.24) is 26.4 Å². The number of anilines is 1. The van der Waals surface area contributed by atoms with Crippen molar-refractivity contribution >= 4 is 35.6 Å². The number of benzene rings is 4. The molecule has 16 nitrogen and oxygen atoms in total. The summed E-state index contributed by atoms with van der Waals surface area (Å²) in [5.41, 5.74) is 11.3. The number of nitrogens with one attached hydrogen (secondary N) is 5. The Bertz CT molecular complexity index is 2430. The first-order chi connectivity index (χ1) is 32.6. The Morgan fingerprint density at radius 1 is 0.925 bits per heavy atom. The van der Waals surface area contributed by atoms with E-state index in [1.54, 1.807) is 43.3 Å². The molecule has 7 N–H and O–H groups in total. The number of ether oxygens (including phenoxy) is 3. The van der Waals surface area contributed by atoms with Gasteiger partial charge in [0, 0.05) is 54.3 Å². The number of aryl methyl sites for hydroxylation is 2. The number of phenolic OH excluding ortho intramolecular Hbond substituents is 1. The first-order valence-corrected chi connectivity index (χ1v) is 23.0. The van der Waals surface area contributed by atoms with E-state index >= 15 is 0 Å². The smallest absolute Gasteiger partial charge is 0.261 e. The lowest BCUT2D eigenvalue weighted by molar-refractivity contribution is -0.432. The molecule has 1 aromatic heterocycles. The van der Waals surface area contributed by atoms with Crippen molar-refractivity contribution in [2.24, 2.45) is 0 Å². The molecule has 4 aromatic carbocycles. The first-order valence-electron chi connectivity index (χ1n) is 22.3. The number of fused-ring (bicyclic) bond motifs is 1. The van der Waals surface area contributed by atoms with Crippen LogP contribution in [0.3, 0.4) is 0 Å². The maximum atomic E-state index is 13.5. The highest BCUT2D eigenvalue weighted by molar-refractivity contribution is 7.94. The summed E-state index contributed by atoms with van der Waals surface area (Å²) in [5.74, 6) is 1.09. The topological polar surface area (TPSA) is 211 Å². The Balaban J connectivity index is 0.891. The van der Waals surface area contributed by atoms with Crippen LogP contribution in [0.25, 0.3) is 11.1 Å². The zero-order chi connectivity index (χ0) is 47.5. The number of amides is 3. The van der Waals surface area contributed by atoms with Gasteiger partial charge in [-0.1, -0.05) is 61.7 Å². The SMILES string of the molecule is CCCc1c(OCCCOc2cc(O)c(-c3ccc(F)cc3)cc2CC)ccc2c1OC(C(=O)NCCCNC(=O)C(C)NC(=O)c1ccc(NNCc3ccccc3SOOO)nc1)CC2. The fraction of sp³-hybridized carbons (Fsp3) is 0.347. The predicted molar refractivity (Wildman–Crippen MR) is 251 cm³/mol. The van der Waals surface area contributed by atoms with Gasteiger partial charge < -0.3 is 40.7 Å². The Morgan fingerprint density at radius 3 is 2.45 bits per heavy atom. The molecule has 18 heteroatoms. The molecule has 1 aliphatic rings. The number of halogens is 1. The second kappa shape index (κ2) is 25.5. The highest BCUT2D eigenvalue weighted by atomic mass is 32.2. The van der Waals surface area contributed by atoms with Gasteiger partial charge in [-0.15, -0.1) is 4.33 Å². The maximum Gasteiger partial charge on any atom is 0.261 e. The van der Waals surface area contributed by atoms with Gasteiger partial charge in [0.1, 0.15) is 40.7 Å². The van der Waals surface area contributed by atoms with Crippen LogP contribution in [-0.2, 0) is 44.8 Å². The summed E-state index contributed by atoms with van der Waals surface area (Å²) < 4.78 is 36.7. The molecule has 3 amide bonds. The van der Waals surface area contributed by atoms with Crippen LogP contribution in [0.15, 0.2) is 96.0 Å². The summed E-state index contributed by atoms with van der Waals surface area (Å²) >= 11 is 0.859. The van der Waals surface area contributed by atoms with Gasteiger partial charge in [-0.25, -0.2) is 20.1 Å². The molecule has 2 heterocycles. The average Bonchev–Trinajstić information content (AvgIpc) is 3.34. The highest BCUT2D eigenvalue weighted by Gasteiger charge is 2.29. The molecule has 0 spiro atoms. The van der Waals surface area contributed by atoms with Gasteiger partial charge >= 0.3 is 0 Å². The lowest BCUT2D eigenvalue weighted by Crippen LogP contribution is -2.45. The zero-order valence-electron chi connectivity index (χ0n) is 37.7. The van der Waals surface area contributed by atoms with Gasteiger partial charge in [0.2, 0.25) is 5.91 Å². The third-order valence-corrected chi connectivity index (χ3v) is 11.6. The number of pyridine rings is 1. The van der Waals surface area contributed by atoms with Crippen molar-refractivity contribution in [2.75, 3.05) is 31.7 Å². The van der Waals surface area contributed by atoms with Crippen molar-refractivity contribution in [1.29, 1.82) is 0 Å². The monoisotopic (exact) mass is 940 g/mol. The van der Waals surface area contributed by atoms with Gasteiger partial charge in [0.25, 0.3) is 11.8 Å². The second-order valence-corrected chi connectivity index (χ2v) is 16.4. The van der Waals surface area contributed by atoms with Gasteiger partial charge in [-0.2, -0.15) is 0 Å². The van der Waals surface area contributed by atoms with E-state index in [9.17, 15) is 23.9 Å². The van der Waals surface area contributed by atoms with Crippen LogP contribution in [0, 0.1) is 5.82 Å². The number of hydrogen-bond donors (Lipinski definition) is 7. The molecular weight excluding hydrogens is 884 g/mol. The normalized spacial score (nSPS) is 13.4. The number of hydrazine groups is 1. The van der Waals surface area contributed by atoms with Crippen LogP contribution < -0.4 is 41.0 Å². The maximum absolute atomic E-state index is 13.5. The molecule has 6 rings (SSSR count). The largest absolute Gasteiger partial charge is 0.507 e. The van der Waals surface area contributed by atoms with Crippen molar-refractivity contribution in [3.05, 3.63) is 125 Å². The fourth-order valence-electron chi connectivity index (χ4n) is 7.34. The summed E-state index contributed by atoms with van der Waals surface area (Å²) in [6.07, 6.45) is 5.20. The van der Waals surface area contributed by atoms with E-state index in [1.165, 1.54) is 18.3 Å². The molecule has 0 saturated heterocycles. The second-order valence-electron chi connectivity index (χ2n) is 15.7. The van der Waals surface area contributed by atoms with Gasteiger partial charge in [0.15, 0.2) is 6.10 Å². The van der Waals surface area contributed by atoms with Crippen LogP contribution in [0.5, 0.6) is 23.0 Å².